The van der Waals surface area contributed by atoms with Crippen molar-refractivity contribution in [3.63, 3.8) is 0 Å². The van der Waals surface area contributed by atoms with Gasteiger partial charge in [-0.05, 0) is 13.3 Å². The first kappa shape index (κ1) is 18.4. The molecule has 23 heavy (non-hydrogen) atoms. The van der Waals surface area contributed by atoms with Crippen molar-refractivity contribution in [1.82, 2.24) is 5.06 Å². The molecule has 3 rings (SSSR count). The van der Waals surface area contributed by atoms with Gasteiger partial charge in [0.1, 0.15) is 9.75 Å². The topological polar surface area (TPSA) is 46.6 Å². The fourth-order valence-corrected chi connectivity index (χ4v) is 6.26. The molecule has 4 nitrogen and oxygen atoms in total. The van der Waals surface area contributed by atoms with Crippen LogP contribution in [0.5, 0.6) is 0 Å². The number of fused-ring (bicyclic) bond motifs is 5. The molecule has 5 atom stereocenters. The Hall–Kier alpha value is 0.580. The molecule has 10 heteroatoms. The van der Waals surface area contributed by atoms with Gasteiger partial charge in [0.15, 0.2) is 4.33 Å². The Morgan fingerprint density at radius 1 is 1.04 bits per heavy atom. The van der Waals surface area contributed by atoms with Gasteiger partial charge in [0.25, 0.3) is 11.8 Å². The minimum Gasteiger partial charge on any atom is -0.272 e. The summed E-state index contributed by atoms with van der Waals surface area (Å²) in [6.07, 6.45) is 0.242. The van der Waals surface area contributed by atoms with Gasteiger partial charge >= 0.3 is 0 Å². The molecular formula is C13H11Cl6NO3. The predicted molar refractivity (Wildman–Crippen MR) is 90.0 cm³/mol. The van der Waals surface area contributed by atoms with Crippen LogP contribution < -0.4 is 0 Å². The highest BCUT2D eigenvalue weighted by molar-refractivity contribution is 6.66. The summed E-state index contributed by atoms with van der Waals surface area (Å²) >= 11 is 38.1. The Morgan fingerprint density at radius 2 is 1.43 bits per heavy atom. The summed E-state index contributed by atoms with van der Waals surface area (Å²) in [7, 11) is 0. The zero-order chi connectivity index (χ0) is 17.5. The molecule has 0 aromatic rings. The normalized spacial score (nSPS) is 42.7. The molecule has 3 aliphatic rings. The quantitative estimate of drug-likeness (QED) is 0.488. The predicted octanol–water partition coefficient (Wildman–Crippen LogP) is 4.16. The zero-order valence-corrected chi connectivity index (χ0v) is 16.4. The number of imide groups is 1. The molecule has 0 aromatic carbocycles. The van der Waals surface area contributed by atoms with E-state index >= 15 is 0 Å². The van der Waals surface area contributed by atoms with Crippen molar-refractivity contribution in [2.45, 2.75) is 40.5 Å². The van der Waals surface area contributed by atoms with Crippen molar-refractivity contribution in [2.24, 2.45) is 11.8 Å². The third-order valence-electron chi connectivity index (χ3n) is 4.73. The van der Waals surface area contributed by atoms with E-state index in [4.69, 9.17) is 74.4 Å². The maximum Gasteiger partial charge on any atom is 0.259 e. The van der Waals surface area contributed by atoms with Crippen LogP contribution in [0.1, 0.15) is 20.3 Å². The Morgan fingerprint density at radius 3 is 1.78 bits per heavy atom. The third-order valence-corrected chi connectivity index (χ3v) is 8.99. The van der Waals surface area contributed by atoms with E-state index < -0.39 is 37.7 Å². The summed E-state index contributed by atoms with van der Waals surface area (Å²) in [5, 5.41) is 0.447. The van der Waals surface area contributed by atoms with Crippen LogP contribution in [0.2, 0.25) is 0 Å². The minimum absolute atomic E-state index is 0.117. The lowest BCUT2D eigenvalue weighted by molar-refractivity contribution is -0.203. The average Bonchev–Trinajstić information content (AvgIpc) is 2.86. The molecule has 2 bridgehead atoms. The molecule has 1 saturated carbocycles. The van der Waals surface area contributed by atoms with E-state index in [0.29, 0.717) is 11.5 Å². The van der Waals surface area contributed by atoms with Crippen LogP contribution in [-0.4, -0.2) is 37.1 Å². The van der Waals surface area contributed by atoms with Gasteiger partial charge in [-0.1, -0.05) is 53.3 Å². The maximum absolute atomic E-state index is 12.7. The molecule has 0 aromatic heterocycles. The summed E-state index contributed by atoms with van der Waals surface area (Å²) in [5.74, 6) is -3.65. The smallest absolute Gasteiger partial charge is 0.259 e. The number of rotatable bonds is 3. The summed E-state index contributed by atoms with van der Waals surface area (Å²) in [4.78, 5) is 27.3. The van der Waals surface area contributed by atoms with Gasteiger partial charge in [-0.3, -0.25) is 14.4 Å². The summed E-state index contributed by atoms with van der Waals surface area (Å²) in [5.41, 5.74) is 0. The minimum atomic E-state index is -1.92. The summed E-state index contributed by atoms with van der Waals surface area (Å²) < 4.78 is -1.92. The number of hydrogen-bond acceptors (Lipinski definition) is 3. The largest absolute Gasteiger partial charge is 0.272 e. The number of nitrogens with zero attached hydrogens (tertiary/aromatic N) is 1. The number of halogens is 6. The van der Waals surface area contributed by atoms with Crippen LogP contribution in [0.3, 0.4) is 0 Å². The van der Waals surface area contributed by atoms with Crippen molar-refractivity contribution in [3.05, 3.63) is 10.1 Å². The Bertz CT molecular complexity index is 606. The van der Waals surface area contributed by atoms with Gasteiger partial charge in [-0.2, -0.15) is 5.06 Å². The zero-order valence-electron chi connectivity index (χ0n) is 11.9. The third kappa shape index (κ3) is 1.82. The second-order valence-corrected chi connectivity index (χ2v) is 9.15. The molecule has 0 unspecified atom stereocenters. The lowest BCUT2D eigenvalue weighted by Crippen LogP contribution is -2.50. The Balaban J connectivity index is 2.13. The Labute approximate surface area is 162 Å². The lowest BCUT2D eigenvalue weighted by Gasteiger charge is -2.34. The number of allylic oxidation sites excluding steroid dienone is 2. The van der Waals surface area contributed by atoms with Crippen molar-refractivity contribution in [3.8, 4) is 0 Å². The first-order valence-corrected chi connectivity index (χ1v) is 9.11. The lowest BCUT2D eigenvalue weighted by atomic mass is 9.84. The van der Waals surface area contributed by atoms with E-state index in [1.807, 2.05) is 6.92 Å². The van der Waals surface area contributed by atoms with E-state index in [2.05, 4.69) is 0 Å². The van der Waals surface area contributed by atoms with E-state index in [1.165, 1.54) is 0 Å². The first-order chi connectivity index (χ1) is 10.5. The SMILES string of the molecule is CC[C@H](C)ON1C(=O)[C@@H]2[C@@H](C1=O)[C@]1(Cl)C(Cl)=C(Cl)[C@]2(Cl)C1(Cl)Cl. The van der Waals surface area contributed by atoms with Crippen molar-refractivity contribution >= 4 is 81.4 Å². The molecule has 1 heterocycles. The van der Waals surface area contributed by atoms with Crippen LogP contribution in [0.4, 0.5) is 0 Å². The number of carbonyl (C=O) groups is 2. The number of hydrogen-bond donors (Lipinski definition) is 0. The second kappa shape index (κ2) is 5.29. The molecule has 0 radical (unpaired) electrons. The number of hydroxylamine groups is 2. The summed E-state index contributed by atoms with van der Waals surface area (Å²) in [6.45, 7) is 3.58. The maximum atomic E-state index is 12.7. The highest BCUT2D eigenvalue weighted by Gasteiger charge is 2.87. The van der Waals surface area contributed by atoms with Gasteiger partial charge in [0, 0.05) is 0 Å². The first-order valence-electron chi connectivity index (χ1n) is 6.84. The molecule has 0 N–H and O–H groups in total. The molecule has 1 aliphatic heterocycles. The summed E-state index contributed by atoms with van der Waals surface area (Å²) in [6, 6.07) is 0. The standard InChI is InChI=1S/C13H11Cl6NO3/c1-3-4(2)23-20-9(21)5-6(10(20)22)12(17)8(15)7(14)11(5,16)13(12,18)19/h4-6H,3H2,1-2H3/t4-,5-,6-,11-,12-/m0/s1. The van der Waals surface area contributed by atoms with Crippen LogP contribution in [0.15, 0.2) is 10.1 Å². The molecule has 128 valence electrons. The van der Waals surface area contributed by atoms with E-state index in [0.717, 1.165) is 0 Å². The molecule has 1 saturated heterocycles. The van der Waals surface area contributed by atoms with Gasteiger partial charge in [0.05, 0.1) is 28.0 Å². The number of alkyl halides is 4. The molecular weight excluding hydrogens is 431 g/mol. The van der Waals surface area contributed by atoms with E-state index in [-0.39, 0.29) is 16.2 Å². The molecule has 0 spiro atoms. The van der Waals surface area contributed by atoms with Crippen LogP contribution in [0.25, 0.3) is 0 Å². The highest BCUT2D eigenvalue weighted by atomic mass is 35.5. The van der Waals surface area contributed by atoms with Crippen molar-refractivity contribution in [1.29, 1.82) is 0 Å². The molecule has 2 fully saturated rings. The monoisotopic (exact) mass is 439 g/mol. The average molecular weight is 442 g/mol. The van der Waals surface area contributed by atoms with Gasteiger partial charge in [-0.25, -0.2) is 0 Å². The van der Waals surface area contributed by atoms with E-state index in [9.17, 15) is 9.59 Å². The van der Waals surface area contributed by atoms with Crippen molar-refractivity contribution in [2.75, 3.05) is 0 Å². The number of amides is 2. The van der Waals surface area contributed by atoms with Crippen LogP contribution in [0, 0.1) is 11.8 Å². The second-order valence-electron chi connectivity index (χ2n) is 5.88. The van der Waals surface area contributed by atoms with Gasteiger partial charge < -0.3 is 0 Å². The van der Waals surface area contributed by atoms with Gasteiger partial charge in [0.2, 0.25) is 0 Å². The Kier molecular flexibility index (Phi) is 4.23. The van der Waals surface area contributed by atoms with Gasteiger partial charge in [-0.15, -0.1) is 23.2 Å². The van der Waals surface area contributed by atoms with Crippen molar-refractivity contribution < 1.29 is 14.4 Å². The van der Waals surface area contributed by atoms with E-state index in [1.54, 1.807) is 6.92 Å². The molecule has 2 amide bonds. The molecule has 2 aliphatic carbocycles. The van der Waals surface area contributed by atoms with Crippen LogP contribution >= 0.6 is 69.6 Å². The fraction of sp³-hybridized carbons (Fsp3) is 0.692. The highest BCUT2D eigenvalue weighted by Crippen LogP contribution is 2.77. The van der Waals surface area contributed by atoms with Crippen LogP contribution in [-0.2, 0) is 14.4 Å². The fourth-order valence-electron chi connectivity index (χ4n) is 3.33. The number of carbonyl (C=O) groups excluding carboxylic acids is 2.